The van der Waals surface area contributed by atoms with Gasteiger partial charge in [-0.2, -0.15) is 0 Å². The first-order valence-corrected chi connectivity index (χ1v) is 13.7. The van der Waals surface area contributed by atoms with Crippen molar-refractivity contribution in [2.45, 2.75) is 49.1 Å². The van der Waals surface area contributed by atoms with Crippen molar-refractivity contribution in [2.75, 3.05) is 26.4 Å². The van der Waals surface area contributed by atoms with Crippen LogP contribution in [-0.2, 0) is 30.7 Å². The van der Waals surface area contributed by atoms with Gasteiger partial charge in [0.15, 0.2) is 0 Å². The molecule has 7 nitrogen and oxygen atoms in total. The molecule has 2 aromatic rings. The standard InChI is InChI=1S/C26H30N2O5S/c29-25(23-9-12-33-23)28-17-26(10-11-26)24(27-34(30,31)21-15-32-16-21)22(28)14-18-5-4-8-20(13-18)19-6-2-1-3-7-19/h1-8,13,21-24,27H,9-12,14-17H2/t22-,23+,24+/m0/s1. The molecular weight excluding hydrogens is 452 g/mol. The lowest BCUT2D eigenvalue weighted by Crippen LogP contribution is -2.56. The van der Waals surface area contributed by atoms with E-state index in [9.17, 15) is 13.2 Å². The molecule has 2 aromatic carbocycles. The third-order valence-electron chi connectivity index (χ3n) is 7.90. The van der Waals surface area contributed by atoms with E-state index in [2.05, 4.69) is 35.1 Å². The second-order valence-electron chi connectivity index (χ2n) is 10.1. The number of nitrogens with zero attached hydrogens (tertiary/aromatic N) is 1. The van der Waals surface area contributed by atoms with Gasteiger partial charge in [0.2, 0.25) is 10.0 Å². The Labute approximate surface area is 200 Å². The molecule has 0 bridgehead atoms. The smallest absolute Gasteiger partial charge is 0.252 e. The van der Waals surface area contributed by atoms with Gasteiger partial charge in [0.25, 0.3) is 5.91 Å². The second-order valence-corrected chi connectivity index (χ2v) is 12.1. The van der Waals surface area contributed by atoms with Crippen molar-refractivity contribution in [1.82, 2.24) is 9.62 Å². The molecular formula is C26H30N2O5S. The van der Waals surface area contributed by atoms with Crippen LogP contribution in [0.3, 0.4) is 0 Å². The largest absolute Gasteiger partial charge is 0.378 e. The number of rotatable bonds is 7. The van der Waals surface area contributed by atoms with E-state index in [1.165, 1.54) is 0 Å². The minimum absolute atomic E-state index is 0.00425. The zero-order valence-corrected chi connectivity index (χ0v) is 19.9. The van der Waals surface area contributed by atoms with Crippen LogP contribution in [0.5, 0.6) is 0 Å². The Morgan fingerprint density at radius 3 is 2.41 bits per heavy atom. The van der Waals surface area contributed by atoms with Crippen molar-refractivity contribution < 1.29 is 22.7 Å². The molecule has 6 rings (SSSR count). The number of carbonyl (C=O) groups excluding carboxylic acids is 1. The fourth-order valence-electron chi connectivity index (χ4n) is 5.48. The van der Waals surface area contributed by atoms with Gasteiger partial charge in [-0.25, -0.2) is 13.1 Å². The van der Waals surface area contributed by atoms with Crippen LogP contribution in [0.1, 0.15) is 24.8 Å². The highest BCUT2D eigenvalue weighted by atomic mass is 32.2. The summed E-state index contributed by atoms with van der Waals surface area (Å²) >= 11 is 0. The first-order chi connectivity index (χ1) is 16.5. The summed E-state index contributed by atoms with van der Waals surface area (Å²) in [5, 5.41) is -0.509. The molecule has 1 amide bonds. The quantitative estimate of drug-likeness (QED) is 0.655. The zero-order valence-electron chi connectivity index (χ0n) is 19.1. The highest BCUT2D eigenvalue weighted by molar-refractivity contribution is 7.90. The van der Waals surface area contributed by atoms with E-state index in [-0.39, 0.29) is 36.6 Å². The molecule has 3 atom stereocenters. The number of ether oxygens (including phenoxy) is 2. The van der Waals surface area contributed by atoms with Crippen molar-refractivity contribution in [3.05, 3.63) is 60.2 Å². The molecule has 1 N–H and O–H groups in total. The summed E-state index contributed by atoms with van der Waals surface area (Å²) < 4.78 is 39.9. The molecule has 3 saturated heterocycles. The van der Waals surface area contributed by atoms with E-state index in [1.807, 2.05) is 29.2 Å². The van der Waals surface area contributed by atoms with E-state index >= 15 is 0 Å². The van der Waals surface area contributed by atoms with Crippen molar-refractivity contribution in [3.8, 4) is 11.1 Å². The minimum atomic E-state index is -3.52. The average molecular weight is 483 g/mol. The minimum Gasteiger partial charge on any atom is -0.378 e. The van der Waals surface area contributed by atoms with Crippen LogP contribution in [0.4, 0.5) is 0 Å². The Kier molecular flexibility index (Phi) is 5.52. The van der Waals surface area contributed by atoms with Gasteiger partial charge in [0.05, 0.1) is 25.9 Å². The van der Waals surface area contributed by atoms with Crippen LogP contribution in [0.25, 0.3) is 11.1 Å². The number of hydrogen-bond acceptors (Lipinski definition) is 5. The number of carbonyl (C=O) groups is 1. The second kappa shape index (κ2) is 8.45. The summed E-state index contributed by atoms with van der Waals surface area (Å²) in [6, 6.07) is 18.0. The lowest BCUT2D eigenvalue weighted by Gasteiger charge is -2.35. The number of likely N-dealkylation sites (tertiary alicyclic amines) is 1. The fraction of sp³-hybridized carbons (Fsp3) is 0.500. The van der Waals surface area contributed by atoms with Gasteiger partial charge >= 0.3 is 0 Å². The lowest BCUT2D eigenvalue weighted by molar-refractivity contribution is -0.157. The van der Waals surface area contributed by atoms with Gasteiger partial charge in [-0.15, -0.1) is 0 Å². The SMILES string of the molecule is O=C([C@H]1CCO1)N1CC2(CC2)[C@H](NS(=O)(=O)C2COC2)[C@@H]1Cc1cccc(-c2ccccc2)c1. The van der Waals surface area contributed by atoms with Crippen LogP contribution in [0.2, 0.25) is 0 Å². The molecule has 8 heteroatoms. The average Bonchev–Trinajstić information content (AvgIpc) is 3.47. The van der Waals surface area contributed by atoms with Crippen LogP contribution >= 0.6 is 0 Å². The molecule has 3 heterocycles. The van der Waals surface area contributed by atoms with Gasteiger partial charge in [-0.3, -0.25) is 4.79 Å². The summed E-state index contributed by atoms with van der Waals surface area (Å²) in [5.41, 5.74) is 3.15. The maximum Gasteiger partial charge on any atom is 0.252 e. The topological polar surface area (TPSA) is 84.9 Å². The number of nitrogens with one attached hydrogen (secondary N) is 1. The Morgan fingerprint density at radius 1 is 1.06 bits per heavy atom. The molecule has 0 radical (unpaired) electrons. The van der Waals surface area contributed by atoms with Crippen molar-refractivity contribution in [1.29, 1.82) is 0 Å². The van der Waals surface area contributed by atoms with Crippen molar-refractivity contribution in [2.24, 2.45) is 5.41 Å². The Hall–Kier alpha value is -2.26. The number of amides is 1. The zero-order chi connectivity index (χ0) is 23.3. The molecule has 0 aromatic heterocycles. The molecule has 3 aliphatic heterocycles. The normalized spacial score (nSPS) is 27.9. The first-order valence-electron chi connectivity index (χ1n) is 12.1. The molecule has 1 spiro atoms. The van der Waals surface area contributed by atoms with Crippen LogP contribution in [0, 0.1) is 5.41 Å². The molecule has 180 valence electrons. The summed E-state index contributed by atoms with van der Waals surface area (Å²) in [7, 11) is -3.52. The maximum atomic E-state index is 13.3. The molecule has 4 aliphatic rings. The van der Waals surface area contributed by atoms with Crippen LogP contribution in [-0.4, -0.2) is 69.0 Å². The van der Waals surface area contributed by atoms with Gasteiger partial charge in [-0.1, -0.05) is 54.6 Å². The van der Waals surface area contributed by atoms with E-state index in [0.29, 0.717) is 19.6 Å². The predicted octanol–water partition coefficient (Wildman–Crippen LogP) is 2.36. The van der Waals surface area contributed by atoms with Crippen molar-refractivity contribution in [3.63, 3.8) is 0 Å². The summed E-state index contributed by atoms with van der Waals surface area (Å²) in [6.07, 6.45) is 2.78. The van der Waals surface area contributed by atoms with Gasteiger partial charge in [0, 0.05) is 24.4 Å². The van der Waals surface area contributed by atoms with E-state index in [1.54, 1.807) is 0 Å². The molecule has 0 unspecified atom stereocenters. The van der Waals surface area contributed by atoms with Crippen LogP contribution < -0.4 is 4.72 Å². The molecule has 1 saturated carbocycles. The molecule has 4 fully saturated rings. The number of benzene rings is 2. The van der Waals surface area contributed by atoms with E-state index < -0.39 is 21.4 Å². The van der Waals surface area contributed by atoms with Crippen LogP contribution in [0.15, 0.2) is 54.6 Å². The lowest BCUT2D eigenvalue weighted by atomic mass is 9.91. The Bertz CT molecular complexity index is 1170. The van der Waals surface area contributed by atoms with Crippen molar-refractivity contribution >= 4 is 15.9 Å². The molecule has 1 aliphatic carbocycles. The van der Waals surface area contributed by atoms with Gasteiger partial charge in [-0.05, 0) is 36.0 Å². The number of sulfonamides is 1. The Morgan fingerprint density at radius 2 is 1.79 bits per heavy atom. The van der Waals surface area contributed by atoms with E-state index in [0.717, 1.165) is 36.0 Å². The monoisotopic (exact) mass is 482 g/mol. The third-order valence-corrected chi connectivity index (χ3v) is 9.63. The molecule has 34 heavy (non-hydrogen) atoms. The summed E-state index contributed by atoms with van der Waals surface area (Å²) in [5.74, 6) is -0.00425. The highest BCUT2D eigenvalue weighted by Crippen LogP contribution is 2.56. The maximum absolute atomic E-state index is 13.3. The fourth-order valence-corrected chi connectivity index (χ4v) is 6.98. The van der Waals surface area contributed by atoms with E-state index in [4.69, 9.17) is 9.47 Å². The first kappa shape index (κ1) is 22.2. The van der Waals surface area contributed by atoms with Gasteiger partial charge in [0.1, 0.15) is 11.4 Å². The number of hydrogen-bond donors (Lipinski definition) is 1. The summed E-state index contributed by atoms with van der Waals surface area (Å²) in [4.78, 5) is 15.3. The third kappa shape index (κ3) is 3.96. The predicted molar refractivity (Wildman–Crippen MR) is 128 cm³/mol. The Balaban J connectivity index is 1.32. The van der Waals surface area contributed by atoms with Gasteiger partial charge < -0.3 is 14.4 Å². The highest BCUT2D eigenvalue weighted by Gasteiger charge is 2.62. The summed E-state index contributed by atoms with van der Waals surface area (Å²) in [6.45, 7) is 1.66.